The molecule has 0 aliphatic carbocycles. The standard InChI is InChI=1S/C13H9F3N2/c1-7-6-9(13(14,15)16)11-8-4-2-3-5-10(8)18-12(11)17-7/h2-6H,1H3,(H,17,18). The predicted molar refractivity (Wildman–Crippen MR) is 63.3 cm³/mol. The molecule has 0 amide bonds. The minimum atomic E-state index is -4.38. The third kappa shape index (κ3) is 1.54. The van der Waals surface area contributed by atoms with Crippen LogP contribution in [-0.4, -0.2) is 9.97 Å². The van der Waals surface area contributed by atoms with Gasteiger partial charge in [-0.1, -0.05) is 18.2 Å². The number of nitrogens with one attached hydrogen (secondary N) is 1. The van der Waals surface area contributed by atoms with Gasteiger partial charge in [0, 0.05) is 22.0 Å². The Morgan fingerprint density at radius 2 is 1.89 bits per heavy atom. The number of nitrogens with zero attached hydrogens (tertiary/aromatic N) is 1. The highest BCUT2D eigenvalue weighted by Gasteiger charge is 2.34. The molecule has 0 spiro atoms. The quantitative estimate of drug-likeness (QED) is 0.640. The smallest absolute Gasteiger partial charge is 0.339 e. The van der Waals surface area contributed by atoms with E-state index in [4.69, 9.17) is 0 Å². The number of hydrogen-bond acceptors (Lipinski definition) is 1. The lowest BCUT2D eigenvalue weighted by Gasteiger charge is -2.09. The molecule has 0 aliphatic rings. The summed E-state index contributed by atoms with van der Waals surface area (Å²) in [6.45, 7) is 1.56. The van der Waals surface area contributed by atoms with Gasteiger partial charge in [0.25, 0.3) is 0 Å². The summed E-state index contributed by atoms with van der Waals surface area (Å²) in [5, 5.41) is 0.691. The lowest BCUT2D eigenvalue weighted by Crippen LogP contribution is -2.06. The summed E-state index contributed by atoms with van der Waals surface area (Å²) in [6.07, 6.45) is -4.38. The molecule has 1 N–H and O–H groups in total. The summed E-state index contributed by atoms with van der Waals surface area (Å²) in [6, 6.07) is 7.99. The molecule has 92 valence electrons. The maximum atomic E-state index is 13.1. The molecule has 0 saturated carbocycles. The van der Waals surface area contributed by atoms with Gasteiger partial charge in [0.05, 0.1) is 5.56 Å². The van der Waals surface area contributed by atoms with E-state index in [2.05, 4.69) is 9.97 Å². The molecule has 3 aromatic rings. The highest BCUT2D eigenvalue weighted by atomic mass is 19.4. The van der Waals surface area contributed by atoms with Crippen molar-refractivity contribution in [2.75, 3.05) is 0 Å². The molecule has 0 saturated heterocycles. The maximum Gasteiger partial charge on any atom is 0.417 e. The molecule has 0 atom stereocenters. The average molecular weight is 250 g/mol. The molecule has 0 unspecified atom stereocenters. The minimum Gasteiger partial charge on any atom is -0.339 e. The lowest BCUT2D eigenvalue weighted by molar-refractivity contribution is -0.136. The van der Waals surface area contributed by atoms with E-state index in [-0.39, 0.29) is 11.0 Å². The molecule has 2 heterocycles. The average Bonchev–Trinajstić information content (AvgIpc) is 2.64. The predicted octanol–water partition coefficient (Wildman–Crippen LogP) is 4.04. The van der Waals surface area contributed by atoms with Crippen molar-refractivity contribution in [2.24, 2.45) is 0 Å². The van der Waals surface area contributed by atoms with E-state index in [1.807, 2.05) is 0 Å². The number of aromatic amines is 1. The molecule has 18 heavy (non-hydrogen) atoms. The summed E-state index contributed by atoms with van der Waals surface area (Å²) >= 11 is 0. The fourth-order valence-corrected chi connectivity index (χ4v) is 2.20. The molecule has 1 aromatic carbocycles. The monoisotopic (exact) mass is 250 g/mol. The Morgan fingerprint density at radius 1 is 1.17 bits per heavy atom. The van der Waals surface area contributed by atoms with Gasteiger partial charge >= 0.3 is 6.18 Å². The number of H-pyrrole nitrogens is 1. The molecule has 2 aromatic heterocycles. The molecular weight excluding hydrogens is 241 g/mol. The first kappa shape index (κ1) is 11.1. The van der Waals surface area contributed by atoms with Crippen LogP contribution < -0.4 is 0 Å². The summed E-state index contributed by atoms with van der Waals surface area (Å²) in [7, 11) is 0. The Hall–Kier alpha value is -2.04. The SMILES string of the molecule is Cc1cc(C(F)(F)F)c2c(n1)[nH]c1ccccc12. The van der Waals surface area contributed by atoms with Crippen molar-refractivity contribution in [2.45, 2.75) is 13.1 Å². The van der Waals surface area contributed by atoms with Crippen molar-refractivity contribution >= 4 is 21.9 Å². The Kier molecular flexibility index (Phi) is 2.14. The Morgan fingerprint density at radius 3 is 2.61 bits per heavy atom. The topological polar surface area (TPSA) is 28.7 Å². The van der Waals surface area contributed by atoms with Crippen LogP contribution in [-0.2, 0) is 6.18 Å². The second-order valence-corrected chi connectivity index (χ2v) is 4.20. The van der Waals surface area contributed by atoms with Crippen LogP contribution in [0.15, 0.2) is 30.3 Å². The van der Waals surface area contributed by atoms with Crippen LogP contribution >= 0.6 is 0 Å². The number of pyridine rings is 1. The first-order valence-corrected chi connectivity index (χ1v) is 5.42. The Bertz CT molecular complexity index is 741. The second kappa shape index (κ2) is 3.48. The number of rotatable bonds is 0. The number of alkyl halides is 3. The van der Waals surface area contributed by atoms with Crippen molar-refractivity contribution in [1.29, 1.82) is 0 Å². The summed E-state index contributed by atoms with van der Waals surface area (Å²) in [5.41, 5.74) is 0.656. The summed E-state index contributed by atoms with van der Waals surface area (Å²) < 4.78 is 39.2. The van der Waals surface area contributed by atoms with Crippen LogP contribution in [0.25, 0.3) is 21.9 Å². The molecule has 0 radical (unpaired) electrons. The van der Waals surface area contributed by atoms with Crippen molar-refractivity contribution < 1.29 is 13.2 Å². The number of aromatic nitrogens is 2. The van der Waals surface area contributed by atoms with Crippen LogP contribution in [0.3, 0.4) is 0 Å². The molecule has 3 rings (SSSR count). The Balaban J connectivity index is 2.54. The van der Waals surface area contributed by atoms with E-state index in [1.165, 1.54) is 0 Å². The number of para-hydroxylation sites is 1. The third-order valence-electron chi connectivity index (χ3n) is 2.90. The fraction of sp³-hybridized carbons (Fsp3) is 0.154. The number of fused-ring (bicyclic) bond motifs is 3. The first-order valence-electron chi connectivity index (χ1n) is 5.42. The van der Waals surface area contributed by atoms with Crippen LogP contribution in [0.5, 0.6) is 0 Å². The van der Waals surface area contributed by atoms with Crippen molar-refractivity contribution in [3.05, 3.63) is 41.6 Å². The number of hydrogen-bond donors (Lipinski definition) is 1. The Labute approximate surface area is 100 Å². The van der Waals surface area contributed by atoms with Crippen molar-refractivity contribution in [1.82, 2.24) is 9.97 Å². The van der Waals surface area contributed by atoms with E-state index in [9.17, 15) is 13.2 Å². The van der Waals surface area contributed by atoms with E-state index < -0.39 is 11.7 Å². The van der Waals surface area contributed by atoms with Crippen molar-refractivity contribution in [3.8, 4) is 0 Å². The fourth-order valence-electron chi connectivity index (χ4n) is 2.20. The van der Waals surface area contributed by atoms with Gasteiger partial charge in [0.15, 0.2) is 0 Å². The van der Waals surface area contributed by atoms with Crippen LogP contribution in [0.4, 0.5) is 13.2 Å². The molecule has 0 bridgehead atoms. The normalized spacial score (nSPS) is 12.4. The zero-order chi connectivity index (χ0) is 12.9. The minimum absolute atomic E-state index is 0.142. The number of aryl methyl sites for hydroxylation is 1. The van der Waals surface area contributed by atoms with Gasteiger partial charge in [-0.15, -0.1) is 0 Å². The molecule has 0 aliphatic heterocycles. The maximum absolute atomic E-state index is 13.1. The van der Waals surface area contributed by atoms with Crippen LogP contribution in [0.2, 0.25) is 0 Å². The van der Waals surface area contributed by atoms with Crippen LogP contribution in [0.1, 0.15) is 11.3 Å². The van der Waals surface area contributed by atoms with Gasteiger partial charge in [0.2, 0.25) is 0 Å². The summed E-state index contributed by atoms with van der Waals surface area (Å²) in [4.78, 5) is 7.05. The third-order valence-corrected chi connectivity index (χ3v) is 2.90. The van der Waals surface area contributed by atoms with Gasteiger partial charge in [0.1, 0.15) is 5.65 Å². The van der Waals surface area contributed by atoms with Gasteiger partial charge < -0.3 is 4.98 Å². The zero-order valence-corrected chi connectivity index (χ0v) is 9.47. The van der Waals surface area contributed by atoms with Crippen LogP contribution in [0, 0.1) is 6.92 Å². The number of benzene rings is 1. The highest BCUT2D eigenvalue weighted by molar-refractivity contribution is 6.07. The van der Waals surface area contributed by atoms with Gasteiger partial charge in [-0.25, -0.2) is 4.98 Å². The van der Waals surface area contributed by atoms with E-state index >= 15 is 0 Å². The van der Waals surface area contributed by atoms with E-state index in [0.29, 0.717) is 16.6 Å². The lowest BCUT2D eigenvalue weighted by atomic mass is 10.1. The van der Waals surface area contributed by atoms with Gasteiger partial charge in [-0.3, -0.25) is 0 Å². The van der Waals surface area contributed by atoms with Gasteiger partial charge in [-0.2, -0.15) is 13.2 Å². The zero-order valence-electron chi connectivity index (χ0n) is 9.47. The van der Waals surface area contributed by atoms with Crippen molar-refractivity contribution in [3.63, 3.8) is 0 Å². The van der Waals surface area contributed by atoms with E-state index in [0.717, 1.165) is 6.07 Å². The highest BCUT2D eigenvalue weighted by Crippen LogP contribution is 2.38. The second-order valence-electron chi connectivity index (χ2n) is 4.20. The largest absolute Gasteiger partial charge is 0.417 e. The molecular formula is C13H9F3N2. The first-order chi connectivity index (χ1) is 8.47. The molecule has 2 nitrogen and oxygen atoms in total. The summed E-state index contributed by atoms with van der Waals surface area (Å²) in [5.74, 6) is 0. The van der Waals surface area contributed by atoms with Gasteiger partial charge in [-0.05, 0) is 19.1 Å². The van der Waals surface area contributed by atoms with E-state index in [1.54, 1.807) is 31.2 Å². The molecule has 0 fully saturated rings. The molecule has 5 heteroatoms. The number of halogens is 3.